The lowest BCUT2D eigenvalue weighted by atomic mass is 10.1. The normalized spacial score (nSPS) is 14.9. The van der Waals surface area contributed by atoms with Crippen LogP contribution in [0.3, 0.4) is 0 Å². The summed E-state index contributed by atoms with van der Waals surface area (Å²) >= 11 is 0. The topological polar surface area (TPSA) is 112 Å². The van der Waals surface area contributed by atoms with Crippen molar-refractivity contribution in [3.8, 4) is 17.2 Å². The van der Waals surface area contributed by atoms with Gasteiger partial charge < -0.3 is 24.6 Å². The summed E-state index contributed by atoms with van der Waals surface area (Å²) in [5.41, 5.74) is -1.17. The van der Waals surface area contributed by atoms with Crippen LogP contribution in [0.15, 0.2) is 23.0 Å². The second-order valence-corrected chi connectivity index (χ2v) is 6.81. The molecule has 2 heterocycles. The molecule has 1 aromatic heterocycles. The van der Waals surface area contributed by atoms with Gasteiger partial charge in [0.2, 0.25) is 5.75 Å². The molecule has 0 fully saturated rings. The van der Waals surface area contributed by atoms with Gasteiger partial charge in [0.15, 0.2) is 5.69 Å². The van der Waals surface area contributed by atoms with Crippen LogP contribution in [-0.4, -0.2) is 41.4 Å². The maximum absolute atomic E-state index is 12.6. The van der Waals surface area contributed by atoms with Gasteiger partial charge in [0.05, 0.1) is 27.4 Å². The van der Waals surface area contributed by atoms with Crippen molar-refractivity contribution in [3.63, 3.8) is 0 Å². The fourth-order valence-corrected chi connectivity index (χ4v) is 3.11. The number of nitrogens with one attached hydrogen (secondary N) is 1. The summed E-state index contributed by atoms with van der Waals surface area (Å²) in [5.74, 6) is 0.113. The molecule has 1 aromatic carbocycles. The summed E-state index contributed by atoms with van der Waals surface area (Å²) in [7, 11) is 3.06. The van der Waals surface area contributed by atoms with Crippen molar-refractivity contribution >= 4 is 5.91 Å². The van der Waals surface area contributed by atoms with Gasteiger partial charge in [-0.3, -0.25) is 14.2 Å². The zero-order chi connectivity index (χ0) is 20.5. The minimum atomic E-state index is -0.851. The van der Waals surface area contributed by atoms with E-state index in [2.05, 4.69) is 10.3 Å². The number of aromatic nitrogens is 2. The number of methoxy groups -OCH3 is 2. The molecule has 28 heavy (non-hydrogen) atoms. The molecule has 9 heteroatoms. The first-order valence-electron chi connectivity index (χ1n) is 8.76. The van der Waals surface area contributed by atoms with Gasteiger partial charge in [0.1, 0.15) is 22.9 Å². The fraction of sp³-hybridized carbons (Fsp3) is 0.421. The van der Waals surface area contributed by atoms with Gasteiger partial charge in [-0.1, -0.05) is 0 Å². The molecule has 0 radical (unpaired) electrons. The smallest absolute Gasteiger partial charge is 0.296 e. The van der Waals surface area contributed by atoms with E-state index in [1.807, 2.05) is 0 Å². The number of aromatic hydroxyl groups is 1. The highest BCUT2D eigenvalue weighted by Crippen LogP contribution is 2.27. The molecule has 150 valence electrons. The van der Waals surface area contributed by atoms with E-state index in [1.165, 1.54) is 18.8 Å². The lowest BCUT2D eigenvalue weighted by Crippen LogP contribution is -2.42. The van der Waals surface area contributed by atoms with Gasteiger partial charge >= 0.3 is 0 Å². The number of nitrogens with zero attached hydrogens (tertiary/aromatic N) is 2. The zero-order valence-corrected chi connectivity index (χ0v) is 16.2. The Balaban J connectivity index is 1.90. The monoisotopic (exact) mass is 389 g/mol. The van der Waals surface area contributed by atoms with Crippen LogP contribution >= 0.6 is 0 Å². The van der Waals surface area contributed by atoms with Gasteiger partial charge in [-0.25, -0.2) is 4.98 Å². The molecule has 1 aliphatic heterocycles. The summed E-state index contributed by atoms with van der Waals surface area (Å²) < 4.78 is 17.4. The summed E-state index contributed by atoms with van der Waals surface area (Å²) in [4.78, 5) is 29.4. The highest BCUT2D eigenvalue weighted by atomic mass is 16.5. The average Bonchev–Trinajstić information content (AvgIpc) is 2.68. The third-order valence-corrected chi connectivity index (χ3v) is 4.60. The Morgan fingerprint density at radius 1 is 1.36 bits per heavy atom. The van der Waals surface area contributed by atoms with Crippen LogP contribution in [0.2, 0.25) is 0 Å². The molecule has 0 atom stereocenters. The van der Waals surface area contributed by atoms with E-state index in [9.17, 15) is 14.7 Å². The molecule has 0 unspecified atom stereocenters. The van der Waals surface area contributed by atoms with Crippen LogP contribution in [0.5, 0.6) is 17.2 Å². The van der Waals surface area contributed by atoms with Crippen molar-refractivity contribution in [3.05, 3.63) is 45.6 Å². The molecule has 1 amide bonds. The van der Waals surface area contributed by atoms with Crippen LogP contribution in [0.1, 0.15) is 35.7 Å². The number of ether oxygens (including phenoxy) is 3. The number of carbonyl (C=O) groups excluding carboxylic acids is 1. The van der Waals surface area contributed by atoms with Crippen LogP contribution in [-0.2, 0) is 23.4 Å². The van der Waals surface area contributed by atoms with E-state index in [-0.39, 0.29) is 18.8 Å². The van der Waals surface area contributed by atoms with E-state index in [0.29, 0.717) is 29.5 Å². The Hall–Kier alpha value is -3.07. The van der Waals surface area contributed by atoms with E-state index in [4.69, 9.17) is 14.2 Å². The molecule has 0 bridgehead atoms. The van der Waals surface area contributed by atoms with E-state index < -0.39 is 22.8 Å². The predicted molar refractivity (Wildman–Crippen MR) is 99.9 cm³/mol. The van der Waals surface area contributed by atoms with E-state index >= 15 is 0 Å². The molecule has 0 saturated heterocycles. The van der Waals surface area contributed by atoms with Crippen molar-refractivity contribution in [2.45, 2.75) is 32.5 Å². The number of carbonyl (C=O) groups is 1. The molecule has 9 nitrogen and oxygen atoms in total. The Kier molecular flexibility index (Phi) is 5.28. The maximum atomic E-state index is 12.6. The third-order valence-electron chi connectivity index (χ3n) is 4.60. The van der Waals surface area contributed by atoms with Crippen molar-refractivity contribution < 1.29 is 24.1 Å². The van der Waals surface area contributed by atoms with E-state index in [1.54, 1.807) is 32.0 Å². The second-order valence-electron chi connectivity index (χ2n) is 6.81. The summed E-state index contributed by atoms with van der Waals surface area (Å²) in [6, 6.07) is 5.19. The third kappa shape index (κ3) is 3.53. The number of amides is 1. The van der Waals surface area contributed by atoms with Crippen molar-refractivity contribution in [1.82, 2.24) is 14.9 Å². The van der Waals surface area contributed by atoms with Gasteiger partial charge in [-0.15, -0.1) is 0 Å². The Morgan fingerprint density at radius 3 is 2.79 bits per heavy atom. The van der Waals surface area contributed by atoms with Gasteiger partial charge in [0.25, 0.3) is 11.5 Å². The van der Waals surface area contributed by atoms with Gasteiger partial charge in [-0.05, 0) is 32.0 Å². The highest BCUT2D eigenvalue weighted by molar-refractivity contribution is 5.94. The Bertz CT molecular complexity index is 967. The molecule has 2 N–H and O–H groups in total. The minimum Gasteiger partial charge on any atom is -0.501 e. The first-order chi connectivity index (χ1) is 13.3. The van der Waals surface area contributed by atoms with Gasteiger partial charge in [0, 0.05) is 12.1 Å². The largest absolute Gasteiger partial charge is 0.501 e. The molecule has 2 aromatic rings. The molecular weight excluding hydrogens is 366 g/mol. The van der Waals surface area contributed by atoms with Gasteiger partial charge in [-0.2, -0.15) is 0 Å². The molecular formula is C19H23N3O6. The predicted octanol–water partition coefficient (Wildman–Crippen LogP) is 1.16. The number of benzene rings is 1. The molecule has 0 aliphatic carbocycles. The summed E-state index contributed by atoms with van der Waals surface area (Å²) in [6.45, 7) is 4.19. The fourth-order valence-electron chi connectivity index (χ4n) is 3.11. The Morgan fingerprint density at radius 2 is 2.11 bits per heavy atom. The number of hydrogen-bond acceptors (Lipinski definition) is 7. The highest BCUT2D eigenvalue weighted by Gasteiger charge is 2.34. The number of rotatable bonds is 5. The minimum absolute atomic E-state index is 0.0959. The quantitative estimate of drug-likeness (QED) is 0.789. The van der Waals surface area contributed by atoms with Crippen molar-refractivity contribution in [1.29, 1.82) is 0 Å². The average molecular weight is 389 g/mol. The van der Waals surface area contributed by atoms with Crippen LogP contribution in [0.25, 0.3) is 0 Å². The lowest BCUT2D eigenvalue weighted by molar-refractivity contribution is -0.0566. The van der Waals surface area contributed by atoms with Crippen LogP contribution in [0, 0.1) is 0 Å². The zero-order valence-electron chi connectivity index (χ0n) is 16.2. The van der Waals surface area contributed by atoms with E-state index in [0.717, 1.165) is 0 Å². The first-order valence-corrected chi connectivity index (χ1v) is 8.76. The van der Waals surface area contributed by atoms with Crippen molar-refractivity contribution in [2.24, 2.45) is 0 Å². The standard InChI is InChI=1S/C19H23N3O6/c1-19(2)18-21-14(15(23)17(25)22(18)7-8-28-19)16(24)20-10-11-9-12(26-3)5-6-13(11)27-4/h5-6,9,23H,7-8,10H2,1-4H3,(H,20,24). The van der Waals surface area contributed by atoms with Crippen LogP contribution < -0.4 is 20.3 Å². The number of fused-ring (bicyclic) bond motifs is 1. The first kappa shape index (κ1) is 19.7. The summed E-state index contributed by atoms with van der Waals surface area (Å²) in [6.07, 6.45) is 0. The van der Waals surface area contributed by atoms with Crippen LogP contribution in [0.4, 0.5) is 0 Å². The number of hydrogen-bond donors (Lipinski definition) is 2. The molecule has 0 spiro atoms. The molecule has 3 rings (SSSR count). The Labute approximate surface area is 161 Å². The molecule has 0 saturated carbocycles. The second kappa shape index (κ2) is 7.51. The lowest BCUT2D eigenvalue weighted by Gasteiger charge is -2.32. The SMILES string of the molecule is COc1ccc(OC)c(CNC(=O)c2nc3n(c(=O)c2O)CCOC3(C)C)c1. The summed E-state index contributed by atoms with van der Waals surface area (Å²) in [5, 5.41) is 12.9. The molecule has 1 aliphatic rings. The maximum Gasteiger partial charge on any atom is 0.296 e. The van der Waals surface area contributed by atoms with Crippen molar-refractivity contribution in [2.75, 3.05) is 20.8 Å².